The Kier molecular flexibility index (Phi) is 2.78. The summed E-state index contributed by atoms with van der Waals surface area (Å²) in [6, 6.07) is 0. The number of hydrogen-bond acceptors (Lipinski definition) is 1. The Morgan fingerprint density at radius 3 is 2.38 bits per heavy atom. The highest BCUT2D eigenvalue weighted by Gasteiger charge is 2.12. The third kappa shape index (κ3) is 1.72. The van der Waals surface area contributed by atoms with Gasteiger partial charge in [-0.05, 0) is 31.3 Å². The zero-order valence-corrected chi connectivity index (χ0v) is 6.03. The standard InChI is InChI=1S/C6H13OP/c7-3-6-8-4-1-2-5-8/h7H,1-6H2. The smallest absolute Gasteiger partial charge is 0.0470 e. The second-order valence-electron chi connectivity index (χ2n) is 2.27. The van der Waals surface area contributed by atoms with Crippen molar-refractivity contribution in [1.29, 1.82) is 0 Å². The zero-order chi connectivity index (χ0) is 5.82. The fraction of sp³-hybridized carbons (Fsp3) is 1.00. The first-order valence-electron chi connectivity index (χ1n) is 3.26. The highest BCUT2D eigenvalue weighted by atomic mass is 31.1. The third-order valence-corrected chi connectivity index (χ3v) is 4.34. The molecule has 1 heterocycles. The van der Waals surface area contributed by atoms with E-state index in [0.29, 0.717) is 14.5 Å². The van der Waals surface area contributed by atoms with Crippen molar-refractivity contribution in [3.05, 3.63) is 0 Å². The number of hydrogen-bond donors (Lipinski definition) is 1. The van der Waals surface area contributed by atoms with Crippen molar-refractivity contribution in [1.82, 2.24) is 0 Å². The molecule has 0 bridgehead atoms. The molecule has 0 radical (unpaired) electrons. The highest BCUT2D eigenvalue weighted by Crippen LogP contribution is 2.42. The van der Waals surface area contributed by atoms with Crippen molar-refractivity contribution in [2.24, 2.45) is 0 Å². The van der Waals surface area contributed by atoms with E-state index in [1.165, 1.54) is 25.2 Å². The van der Waals surface area contributed by atoms with E-state index in [1.807, 2.05) is 0 Å². The predicted molar refractivity (Wildman–Crippen MR) is 37.8 cm³/mol. The van der Waals surface area contributed by atoms with E-state index in [1.54, 1.807) is 0 Å². The van der Waals surface area contributed by atoms with Crippen LogP contribution in [-0.4, -0.2) is 30.2 Å². The van der Waals surface area contributed by atoms with Crippen LogP contribution in [0.1, 0.15) is 12.8 Å². The van der Waals surface area contributed by atoms with Crippen LogP contribution in [0.4, 0.5) is 0 Å². The van der Waals surface area contributed by atoms with Gasteiger partial charge in [-0.2, -0.15) is 0 Å². The van der Waals surface area contributed by atoms with E-state index in [4.69, 9.17) is 5.11 Å². The second kappa shape index (κ2) is 3.42. The largest absolute Gasteiger partial charge is 0.396 e. The second-order valence-corrected chi connectivity index (χ2v) is 4.96. The Morgan fingerprint density at radius 1 is 1.25 bits per heavy atom. The van der Waals surface area contributed by atoms with Crippen LogP contribution in [0, 0.1) is 0 Å². The lowest BCUT2D eigenvalue weighted by Crippen LogP contribution is -1.90. The Morgan fingerprint density at radius 2 is 1.88 bits per heavy atom. The van der Waals surface area contributed by atoms with E-state index >= 15 is 0 Å². The van der Waals surface area contributed by atoms with Gasteiger partial charge < -0.3 is 5.11 Å². The van der Waals surface area contributed by atoms with Crippen molar-refractivity contribution in [2.45, 2.75) is 12.8 Å². The molecule has 0 aromatic heterocycles. The molecule has 1 aliphatic rings. The fourth-order valence-electron chi connectivity index (χ4n) is 1.15. The lowest BCUT2D eigenvalue weighted by Gasteiger charge is -2.04. The van der Waals surface area contributed by atoms with Crippen LogP contribution in [0.15, 0.2) is 0 Å². The molecule has 2 heteroatoms. The molecule has 0 spiro atoms. The Balaban J connectivity index is 2.06. The van der Waals surface area contributed by atoms with Gasteiger partial charge in [-0.3, -0.25) is 0 Å². The topological polar surface area (TPSA) is 20.2 Å². The summed E-state index contributed by atoms with van der Waals surface area (Å²) in [5.74, 6) is 0. The molecule has 1 N–H and O–H groups in total. The van der Waals surface area contributed by atoms with Crippen LogP contribution in [0.25, 0.3) is 0 Å². The van der Waals surface area contributed by atoms with Gasteiger partial charge in [-0.1, -0.05) is 0 Å². The number of rotatable bonds is 2. The van der Waals surface area contributed by atoms with Crippen molar-refractivity contribution in [3.8, 4) is 0 Å². The highest BCUT2D eigenvalue weighted by molar-refractivity contribution is 7.57. The molecule has 1 saturated heterocycles. The van der Waals surface area contributed by atoms with Crippen LogP contribution in [-0.2, 0) is 0 Å². The van der Waals surface area contributed by atoms with Crippen LogP contribution in [0.3, 0.4) is 0 Å². The summed E-state index contributed by atoms with van der Waals surface area (Å²) in [7, 11) is 0.305. The quantitative estimate of drug-likeness (QED) is 0.561. The normalized spacial score (nSPS) is 22.1. The van der Waals surface area contributed by atoms with Crippen molar-refractivity contribution in [2.75, 3.05) is 25.1 Å². The van der Waals surface area contributed by atoms with E-state index in [2.05, 4.69) is 0 Å². The lowest BCUT2D eigenvalue weighted by atomic mass is 10.4. The van der Waals surface area contributed by atoms with Crippen molar-refractivity contribution < 1.29 is 5.11 Å². The monoisotopic (exact) mass is 132 g/mol. The number of aliphatic hydroxyl groups excluding tert-OH is 1. The van der Waals surface area contributed by atoms with Gasteiger partial charge >= 0.3 is 0 Å². The maximum Gasteiger partial charge on any atom is 0.0470 e. The van der Waals surface area contributed by atoms with Crippen LogP contribution in [0.5, 0.6) is 0 Å². The molecule has 0 aliphatic carbocycles. The summed E-state index contributed by atoms with van der Waals surface area (Å²) >= 11 is 0. The molecule has 1 nitrogen and oxygen atoms in total. The first-order valence-corrected chi connectivity index (χ1v) is 5.16. The molecular weight excluding hydrogens is 119 g/mol. The molecule has 0 unspecified atom stereocenters. The molecule has 48 valence electrons. The molecule has 1 rings (SSSR count). The summed E-state index contributed by atoms with van der Waals surface area (Å²) in [6.07, 6.45) is 6.80. The average Bonchev–Trinajstić information content (AvgIpc) is 2.19. The van der Waals surface area contributed by atoms with Gasteiger partial charge in [0, 0.05) is 6.61 Å². The van der Waals surface area contributed by atoms with Gasteiger partial charge in [0.05, 0.1) is 0 Å². The molecule has 8 heavy (non-hydrogen) atoms. The summed E-state index contributed by atoms with van der Waals surface area (Å²) in [4.78, 5) is 0. The molecular formula is C6H13OP. The summed E-state index contributed by atoms with van der Waals surface area (Å²) in [5.41, 5.74) is 0. The molecule has 0 atom stereocenters. The summed E-state index contributed by atoms with van der Waals surface area (Å²) in [5, 5.41) is 8.54. The minimum atomic E-state index is 0.305. The van der Waals surface area contributed by atoms with Gasteiger partial charge in [-0.25, -0.2) is 0 Å². The molecule has 0 aromatic carbocycles. The van der Waals surface area contributed by atoms with Gasteiger partial charge in [0.25, 0.3) is 0 Å². The van der Waals surface area contributed by atoms with Crippen molar-refractivity contribution in [3.63, 3.8) is 0 Å². The SMILES string of the molecule is OCCP1CCCC1. The van der Waals surface area contributed by atoms with Gasteiger partial charge in [0.2, 0.25) is 0 Å². The summed E-state index contributed by atoms with van der Waals surface area (Å²) < 4.78 is 0. The first-order chi connectivity index (χ1) is 3.93. The Bertz CT molecular complexity index is 59.5. The van der Waals surface area contributed by atoms with Gasteiger partial charge in [0.15, 0.2) is 0 Å². The molecule has 1 fully saturated rings. The minimum absolute atomic E-state index is 0.305. The molecule has 0 aromatic rings. The third-order valence-electron chi connectivity index (χ3n) is 1.61. The van der Waals surface area contributed by atoms with Crippen molar-refractivity contribution >= 4 is 7.92 Å². The van der Waals surface area contributed by atoms with E-state index < -0.39 is 0 Å². The minimum Gasteiger partial charge on any atom is -0.396 e. The Hall–Kier alpha value is 0.390. The van der Waals surface area contributed by atoms with Crippen LogP contribution >= 0.6 is 7.92 Å². The molecule has 0 saturated carbocycles. The fourth-order valence-corrected chi connectivity index (χ4v) is 3.44. The van der Waals surface area contributed by atoms with Gasteiger partial charge in [-0.15, -0.1) is 7.92 Å². The first kappa shape index (κ1) is 6.51. The maximum atomic E-state index is 8.54. The van der Waals surface area contributed by atoms with Crippen LogP contribution < -0.4 is 0 Å². The average molecular weight is 132 g/mol. The predicted octanol–water partition coefficient (Wildman–Crippen LogP) is 1.25. The van der Waals surface area contributed by atoms with E-state index in [-0.39, 0.29) is 0 Å². The maximum absolute atomic E-state index is 8.54. The molecule has 0 amide bonds. The van der Waals surface area contributed by atoms with E-state index in [9.17, 15) is 0 Å². The Labute approximate surface area is 51.9 Å². The van der Waals surface area contributed by atoms with Crippen LogP contribution in [0.2, 0.25) is 0 Å². The lowest BCUT2D eigenvalue weighted by molar-refractivity contribution is 0.321. The van der Waals surface area contributed by atoms with Gasteiger partial charge in [0.1, 0.15) is 0 Å². The molecule has 1 aliphatic heterocycles. The summed E-state index contributed by atoms with van der Waals surface area (Å²) in [6.45, 7) is 0.422. The zero-order valence-electron chi connectivity index (χ0n) is 5.14. The number of aliphatic hydroxyl groups is 1. The van der Waals surface area contributed by atoms with E-state index in [0.717, 1.165) is 6.16 Å².